The zero-order valence-electron chi connectivity index (χ0n) is 7.06. The van der Waals surface area contributed by atoms with Crippen molar-refractivity contribution in [2.45, 2.75) is 44.4 Å². The molecule has 1 heterocycles. The number of rotatable bonds is 4. The average molecular weight is 196 g/mol. The van der Waals surface area contributed by atoms with Crippen molar-refractivity contribution in [3.05, 3.63) is 0 Å². The standard InChI is InChI=1S/C8H11F3O2/c9-8(10,11)4-2-1-3-6-5-7(12)13-6/h6H,1-5H2/t6-/m0/s1. The molecule has 0 aromatic rings. The third-order valence-electron chi connectivity index (χ3n) is 1.93. The first-order valence-electron chi connectivity index (χ1n) is 4.23. The van der Waals surface area contributed by atoms with Gasteiger partial charge in [0, 0.05) is 6.42 Å². The number of ether oxygens (including phenoxy) is 1. The van der Waals surface area contributed by atoms with Gasteiger partial charge in [-0.25, -0.2) is 0 Å². The monoisotopic (exact) mass is 196 g/mol. The van der Waals surface area contributed by atoms with Gasteiger partial charge in [-0.3, -0.25) is 4.79 Å². The van der Waals surface area contributed by atoms with Gasteiger partial charge in [0.15, 0.2) is 0 Å². The molecule has 76 valence electrons. The molecule has 13 heavy (non-hydrogen) atoms. The molecule has 0 radical (unpaired) electrons. The molecule has 1 atom stereocenters. The highest BCUT2D eigenvalue weighted by Gasteiger charge is 2.29. The van der Waals surface area contributed by atoms with Crippen molar-refractivity contribution < 1.29 is 22.7 Å². The molecule has 0 unspecified atom stereocenters. The molecule has 5 heteroatoms. The van der Waals surface area contributed by atoms with Gasteiger partial charge in [-0.15, -0.1) is 0 Å². The van der Waals surface area contributed by atoms with E-state index >= 15 is 0 Å². The van der Waals surface area contributed by atoms with Gasteiger partial charge in [0.05, 0.1) is 6.42 Å². The normalized spacial score (nSPS) is 22.4. The van der Waals surface area contributed by atoms with Gasteiger partial charge in [-0.1, -0.05) is 0 Å². The third-order valence-corrected chi connectivity index (χ3v) is 1.93. The molecule has 2 nitrogen and oxygen atoms in total. The number of halogens is 3. The van der Waals surface area contributed by atoms with Crippen LogP contribution in [-0.4, -0.2) is 18.2 Å². The van der Waals surface area contributed by atoms with E-state index in [-0.39, 0.29) is 18.5 Å². The highest BCUT2D eigenvalue weighted by Crippen LogP contribution is 2.25. The molecule has 0 aromatic carbocycles. The quantitative estimate of drug-likeness (QED) is 0.509. The predicted molar refractivity (Wildman–Crippen MR) is 39.0 cm³/mol. The zero-order chi connectivity index (χ0) is 9.90. The summed E-state index contributed by atoms with van der Waals surface area (Å²) in [6, 6.07) is 0. The van der Waals surface area contributed by atoms with Crippen LogP contribution in [0.4, 0.5) is 13.2 Å². The lowest BCUT2D eigenvalue weighted by atomic mass is 10.0. The maximum absolute atomic E-state index is 11.7. The first-order valence-corrected chi connectivity index (χ1v) is 4.23. The summed E-state index contributed by atoms with van der Waals surface area (Å²) in [5, 5.41) is 0. The molecule has 0 aliphatic carbocycles. The zero-order valence-corrected chi connectivity index (χ0v) is 7.06. The van der Waals surface area contributed by atoms with Crippen LogP contribution in [0.2, 0.25) is 0 Å². The van der Waals surface area contributed by atoms with Crippen LogP contribution in [0, 0.1) is 0 Å². The van der Waals surface area contributed by atoms with Crippen LogP contribution < -0.4 is 0 Å². The minimum atomic E-state index is -4.06. The molecule has 1 saturated heterocycles. The number of esters is 1. The van der Waals surface area contributed by atoms with Crippen LogP contribution in [0.1, 0.15) is 32.1 Å². The molecule has 1 fully saturated rings. The van der Waals surface area contributed by atoms with Crippen LogP contribution in [-0.2, 0) is 9.53 Å². The van der Waals surface area contributed by atoms with E-state index in [0.29, 0.717) is 19.3 Å². The van der Waals surface area contributed by atoms with E-state index in [1.54, 1.807) is 0 Å². The van der Waals surface area contributed by atoms with Crippen LogP contribution in [0.25, 0.3) is 0 Å². The summed E-state index contributed by atoms with van der Waals surface area (Å²) in [4.78, 5) is 10.3. The van der Waals surface area contributed by atoms with Crippen molar-refractivity contribution in [2.24, 2.45) is 0 Å². The second kappa shape index (κ2) is 3.98. The Bertz CT molecular complexity index is 180. The second-order valence-corrected chi connectivity index (χ2v) is 3.18. The lowest BCUT2D eigenvalue weighted by molar-refractivity contribution is -0.170. The summed E-state index contributed by atoms with van der Waals surface area (Å²) in [6.45, 7) is 0. The minimum absolute atomic E-state index is 0.123. The topological polar surface area (TPSA) is 26.3 Å². The summed E-state index contributed by atoms with van der Waals surface area (Å²) >= 11 is 0. The van der Waals surface area contributed by atoms with E-state index < -0.39 is 12.6 Å². The van der Waals surface area contributed by atoms with Crippen molar-refractivity contribution in [3.63, 3.8) is 0 Å². The number of unbranched alkanes of at least 4 members (excludes halogenated alkanes) is 1. The highest BCUT2D eigenvalue weighted by molar-refractivity contribution is 5.75. The molecule has 0 N–H and O–H groups in total. The van der Waals surface area contributed by atoms with Gasteiger partial charge in [0.2, 0.25) is 0 Å². The molecule has 1 aliphatic heterocycles. The summed E-state index contributed by atoms with van der Waals surface area (Å²) in [5.74, 6) is -0.249. The molecule has 1 aliphatic rings. The van der Waals surface area contributed by atoms with Gasteiger partial charge in [0.25, 0.3) is 0 Å². The molecule has 0 amide bonds. The Balaban J connectivity index is 1.93. The number of carbonyl (C=O) groups excluding carboxylic acids is 1. The van der Waals surface area contributed by atoms with Crippen LogP contribution in [0.15, 0.2) is 0 Å². The molecule has 0 saturated carbocycles. The summed E-state index contributed by atoms with van der Waals surface area (Å²) < 4.78 is 39.6. The van der Waals surface area contributed by atoms with Crippen molar-refractivity contribution in [1.82, 2.24) is 0 Å². The van der Waals surface area contributed by atoms with Gasteiger partial charge >= 0.3 is 12.1 Å². The highest BCUT2D eigenvalue weighted by atomic mass is 19.4. The third kappa shape index (κ3) is 4.15. The minimum Gasteiger partial charge on any atom is -0.462 e. The van der Waals surface area contributed by atoms with Gasteiger partial charge in [-0.2, -0.15) is 13.2 Å². The number of hydrogen-bond donors (Lipinski definition) is 0. The average Bonchev–Trinajstić information content (AvgIpc) is 1.91. The largest absolute Gasteiger partial charge is 0.462 e. The van der Waals surface area contributed by atoms with Gasteiger partial charge in [-0.05, 0) is 19.3 Å². The van der Waals surface area contributed by atoms with E-state index in [4.69, 9.17) is 0 Å². The fraction of sp³-hybridized carbons (Fsp3) is 0.875. The first-order chi connectivity index (χ1) is 5.97. The van der Waals surface area contributed by atoms with Crippen molar-refractivity contribution >= 4 is 5.97 Å². The maximum atomic E-state index is 11.7. The Hall–Kier alpha value is -0.740. The Morgan fingerprint density at radius 1 is 1.38 bits per heavy atom. The fourth-order valence-corrected chi connectivity index (χ4v) is 1.22. The van der Waals surface area contributed by atoms with E-state index in [0.717, 1.165) is 0 Å². The predicted octanol–water partition coefficient (Wildman–Crippen LogP) is 2.42. The summed E-state index contributed by atoms with van der Waals surface area (Å²) in [7, 11) is 0. The molecular weight excluding hydrogens is 185 g/mol. The Morgan fingerprint density at radius 2 is 2.00 bits per heavy atom. The lowest BCUT2D eigenvalue weighted by Gasteiger charge is -2.25. The molecule has 1 rings (SSSR count). The Morgan fingerprint density at radius 3 is 2.46 bits per heavy atom. The Kier molecular flexibility index (Phi) is 3.17. The van der Waals surface area contributed by atoms with E-state index in [2.05, 4.69) is 4.74 Å². The number of cyclic esters (lactones) is 1. The first kappa shape index (κ1) is 10.3. The van der Waals surface area contributed by atoms with E-state index in [1.165, 1.54) is 0 Å². The number of alkyl halides is 3. The molecule has 0 bridgehead atoms. The lowest BCUT2D eigenvalue weighted by Crippen LogP contribution is -2.32. The van der Waals surface area contributed by atoms with Crippen molar-refractivity contribution in [3.8, 4) is 0 Å². The van der Waals surface area contributed by atoms with Crippen LogP contribution in [0.3, 0.4) is 0 Å². The fourth-order valence-electron chi connectivity index (χ4n) is 1.22. The van der Waals surface area contributed by atoms with Crippen LogP contribution >= 0.6 is 0 Å². The van der Waals surface area contributed by atoms with E-state index in [9.17, 15) is 18.0 Å². The molecule has 0 aromatic heterocycles. The molecule has 0 spiro atoms. The molecular formula is C8H11F3O2. The smallest absolute Gasteiger partial charge is 0.389 e. The number of carbonyl (C=O) groups is 1. The van der Waals surface area contributed by atoms with Crippen molar-refractivity contribution in [2.75, 3.05) is 0 Å². The SMILES string of the molecule is O=C1C[C@H](CCCCC(F)(F)F)O1. The Labute approximate surface area is 74.1 Å². The summed E-state index contributed by atoms with van der Waals surface area (Å²) in [5.41, 5.74) is 0. The van der Waals surface area contributed by atoms with E-state index in [1.807, 2.05) is 0 Å². The van der Waals surface area contributed by atoms with Gasteiger partial charge < -0.3 is 4.74 Å². The van der Waals surface area contributed by atoms with Gasteiger partial charge in [0.1, 0.15) is 6.10 Å². The second-order valence-electron chi connectivity index (χ2n) is 3.18. The number of hydrogen-bond acceptors (Lipinski definition) is 2. The van der Waals surface area contributed by atoms with Crippen molar-refractivity contribution in [1.29, 1.82) is 0 Å². The summed E-state index contributed by atoms with van der Waals surface area (Å²) in [6.07, 6.45) is -3.41. The van der Waals surface area contributed by atoms with Crippen LogP contribution in [0.5, 0.6) is 0 Å². The maximum Gasteiger partial charge on any atom is 0.389 e.